The van der Waals surface area contributed by atoms with Crippen LogP contribution in [-0.2, 0) is 4.79 Å². The van der Waals surface area contributed by atoms with E-state index in [-0.39, 0.29) is 11.8 Å². The fourth-order valence-corrected chi connectivity index (χ4v) is 3.46. The highest BCUT2D eigenvalue weighted by Gasteiger charge is 2.27. The van der Waals surface area contributed by atoms with E-state index in [1.54, 1.807) is 0 Å². The predicted octanol–water partition coefficient (Wildman–Crippen LogP) is 1.49. The highest BCUT2D eigenvalue weighted by molar-refractivity contribution is 5.76. The second-order valence-corrected chi connectivity index (χ2v) is 6.52. The van der Waals surface area contributed by atoms with Crippen LogP contribution in [0.1, 0.15) is 52.4 Å². The summed E-state index contributed by atoms with van der Waals surface area (Å²) in [5, 5.41) is 3.80. The Labute approximate surface area is 117 Å². The predicted molar refractivity (Wildman–Crippen MR) is 77.8 cm³/mol. The molecule has 1 aliphatic carbocycles. The van der Waals surface area contributed by atoms with Crippen LogP contribution in [0.4, 0.5) is 0 Å². The number of likely N-dealkylation sites (tertiary alicyclic amines) is 1. The highest BCUT2D eigenvalue weighted by Crippen LogP contribution is 2.25. The van der Waals surface area contributed by atoms with Crippen molar-refractivity contribution < 1.29 is 4.79 Å². The molecule has 1 saturated heterocycles. The second kappa shape index (κ2) is 6.71. The van der Waals surface area contributed by atoms with Crippen molar-refractivity contribution in [3.63, 3.8) is 0 Å². The highest BCUT2D eigenvalue weighted by atomic mass is 16.1. The van der Waals surface area contributed by atoms with Gasteiger partial charge in [-0.1, -0.05) is 0 Å². The van der Waals surface area contributed by atoms with Crippen LogP contribution in [0, 0.1) is 5.92 Å². The average Bonchev–Trinajstić information content (AvgIpc) is 2.40. The summed E-state index contributed by atoms with van der Waals surface area (Å²) < 4.78 is 0. The van der Waals surface area contributed by atoms with E-state index in [1.165, 1.54) is 25.9 Å². The van der Waals surface area contributed by atoms with Crippen molar-refractivity contribution in [3.8, 4) is 0 Å². The number of amides is 1. The average molecular weight is 267 g/mol. The molecule has 0 spiro atoms. The van der Waals surface area contributed by atoms with E-state index in [2.05, 4.69) is 24.1 Å². The summed E-state index contributed by atoms with van der Waals surface area (Å²) in [6.45, 7) is 6.98. The molecule has 0 unspecified atom stereocenters. The minimum Gasteiger partial charge on any atom is -0.369 e. The monoisotopic (exact) mass is 267 g/mol. The summed E-state index contributed by atoms with van der Waals surface area (Å²) in [5.74, 6) is 0.0181. The molecule has 2 aliphatic rings. The molecule has 1 saturated carbocycles. The first-order chi connectivity index (χ1) is 9.06. The number of primary amides is 1. The Bertz CT molecular complexity index is 290. The van der Waals surface area contributed by atoms with Crippen molar-refractivity contribution in [1.82, 2.24) is 10.2 Å². The van der Waals surface area contributed by atoms with Gasteiger partial charge >= 0.3 is 0 Å². The smallest absolute Gasteiger partial charge is 0.220 e. The lowest BCUT2D eigenvalue weighted by molar-refractivity contribution is -0.122. The number of nitrogens with zero attached hydrogens (tertiary/aromatic N) is 1. The molecule has 0 radical (unpaired) electrons. The maximum absolute atomic E-state index is 11.1. The molecule has 2 rings (SSSR count). The van der Waals surface area contributed by atoms with Crippen LogP contribution in [-0.4, -0.2) is 42.0 Å². The molecule has 4 heteroatoms. The van der Waals surface area contributed by atoms with Gasteiger partial charge in [-0.05, 0) is 65.5 Å². The summed E-state index contributed by atoms with van der Waals surface area (Å²) in [4.78, 5) is 13.7. The molecule has 0 bridgehead atoms. The number of carbonyl (C=O) groups excluding carboxylic acids is 1. The molecule has 4 nitrogen and oxygen atoms in total. The van der Waals surface area contributed by atoms with E-state index in [0.717, 1.165) is 25.7 Å². The first-order valence-electron chi connectivity index (χ1n) is 7.85. The molecule has 110 valence electrons. The number of piperidine rings is 1. The van der Waals surface area contributed by atoms with E-state index in [4.69, 9.17) is 5.73 Å². The van der Waals surface area contributed by atoms with Gasteiger partial charge in [0.15, 0.2) is 0 Å². The van der Waals surface area contributed by atoms with Crippen molar-refractivity contribution in [3.05, 3.63) is 0 Å². The van der Waals surface area contributed by atoms with Crippen LogP contribution < -0.4 is 11.1 Å². The van der Waals surface area contributed by atoms with Crippen LogP contribution in [0.25, 0.3) is 0 Å². The lowest BCUT2D eigenvalue weighted by atomic mass is 9.85. The number of carbonyl (C=O) groups is 1. The molecule has 0 atom stereocenters. The van der Waals surface area contributed by atoms with Gasteiger partial charge in [-0.25, -0.2) is 0 Å². The third kappa shape index (κ3) is 4.18. The second-order valence-electron chi connectivity index (χ2n) is 6.52. The Balaban J connectivity index is 1.68. The van der Waals surface area contributed by atoms with Crippen molar-refractivity contribution in [1.29, 1.82) is 0 Å². The zero-order valence-corrected chi connectivity index (χ0v) is 12.4. The van der Waals surface area contributed by atoms with Gasteiger partial charge in [-0.15, -0.1) is 0 Å². The van der Waals surface area contributed by atoms with Gasteiger partial charge in [0, 0.05) is 24.0 Å². The van der Waals surface area contributed by atoms with Crippen LogP contribution in [0.15, 0.2) is 0 Å². The number of rotatable bonds is 4. The fourth-order valence-electron chi connectivity index (χ4n) is 3.46. The van der Waals surface area contributed by atoms with Crippen LogP contribution >= 0.6 is 0 Å². The fraction of sp³-hybridized carbons (Fsp3) is 0.933. The lowest BCUT2D eigenvalue weighted by Gasteiger charge is -2.38. The van der Waals surface area contributed by atoms with Crippen molar-refractivity contribution >= 4 is 5.91 Å². The summed E-state index contributed by atoms with van der Waals surface area (Å²) in [7, 11) is 0. The van der Waals surface area contributed by atoms with Crippen molar-refractivity contribution in [2.24, 2.45) is 11.7 Å². The minimum absolute atomic E-state index is 0.108. The summed E-state index contributed by atoms with van der Waals surface area (Å²) >= 11 is 0. The van der Waals surface area contributed by atoms with E-state index in [1.807, 2.05) is 0 Å². The maximum atomic E-state index is 11.1. The van der Waals surface area contributed by atoms with Gasteiger partial charge in [0.1, 0.15) is 0 Å². The van der Waals surface area contributed by atoms with Gasteiger partial charge in [0.05, 0.1) is 0 Å². The van der Waals surface area contributed by atoms with E-state index in [9.17, 15) is 4.79 Å². The summed E-state index contributed by atoms with van der Waals surface area (Å²) in [6.07, 6.45) is 6.67. The Hall–Kier alpha value is -0.610. The lowest BCUT2D eigenvalue weighted by Crippen LogP contribution is -2.48. The first kappa shape index (κ1) is 14.8. The standard InChI is InChI=1S/C15H29N3O/c1-11(2)18-9-7-14(8-10-18)17-13-5-3-12(4-6-13)15(16)19/h11-14,17H,3-10H2,1-2H3,(H2,16,19). The maximum Gasteiger partial charge on any atom is 0.220 e. The molecule has 19 heavy (non-hydrogen) atoms. The van der Waals surface area contributed by atoms with Crippen molar-refractivity contribution in [2.75, 3.05) is 13.1 Å². The van der Waals surface area contributed by atoms with Gasteiger partial charge in [-0.3, -0.25) is 4.79 Å². The largest absolute Gasteiger partial charge is 0.369 e. The first-order valence-corrected chi connectivity index (χ1v) is 7.85. The van der Waals surface area contributed by atoms with Crippen LogP contribution in [0.5, 0.6) is 0 Å². The quantitative estimate of drug-likeness (QED) is 0.811. The Morgan fingerprint density at radius 1 is 1.05 bits per heavy atom. The molecule has 1 amide bonds. The third-order valence-electron chi connectivity index (χ3n) is 4.86. The molecule has 1 heterocycles. The van der Waals surface area contributed by atoms with Gasteiger partial charge in [-0.2, -0.15) is 0 Å². The summed E-state index contributed by atoms with van der Waals surface area (Å²) in [5.41, 5.74) is 5.38. The van der Waals surface area contributed by atoms with Crippen molar-refractivity contribution in [2.45, 2.75) is 70.5 Å². The van der Waals surface area contributed by atoms with Crippen LogP contribution in [0.3, 0.4) is 0 Å². The molecule has 0 aromatic carbocycles. The summed E-state index contributed by atoms with van der Waals surface area (Å²) in [6, 6.07) is 1.95. The molecule has 0 aromatic heterocycles. The molecular weight excluding hydrogens is 238 g/mol. The molecule has 3 N–H and O–H groups in total. The van der Waals surface area contributed by atoms with Gasteiger partial charge in [0.25, 0.3) is 0 Å². The Morgan fingerprint density at radius 2 is 1.58 bits per heavy atom. The van der Waals surface area contributed by atoms with E-state index in [0.29, 0.717) is 18.1 Å². The molecular formula is C15H29N3O. The minimum atomic E-state index is -0.108. The molecule has 2 fully saturated rings. The van der Waals surface area contributed by atoms with Crippen LogP contribution in [0.2, 0.25) is 0 Å². The SMILES string of the molecule is CC(C)N1CCC(NC2CCC(C(N)=O)CC2)CC1. The Kier molecular flexibility index (Phi) is 5.22. The third-order valence-corrected chi connectivity index (χ3v) is 4.86. The molecule has 0 aromatic rings. The van der Waals surface area contributed by atoms with Gasteiger partial charge in [0.2, 0.25) is 5.91 Å². The normalized spacial score (nSPS) is 30.7. The molecule has 1 aliphatic heterocycles. The zero-order chi connectivity index (χ0) is 13.8. The number of hydrogen-bond donors (Lipinski definition) is 2. The zero-order valence-electron chi connectivity index (χ0n) is 12.4. The van der Waals surface area contributed by atoms with Gasteiger partial charge < -0.3 is 16.0 Å². The number of nitrogens with one attached hydrogen (secondary N) is 1. The number of nitrogens with two attached hydrogens (primary N) is 1. The number of hydrogen-bond acceptors (Lipinski definition) is 3. The Morgan fingerprint density at radius 3 is 2.05 bits per heavy atom. The van der Waals surface area contributed by atoms with E-state index >= 15 is 0 Å². The van der Waals surface area contributed by atoms with E-state index < -0.39 is 0 Å². The topological polar surface area (TPSA) is 58.4 Å².